The van der Waals surface area contributed by atoms with Crippen molar-refractivity contribution in [2.45, 2.75) is 23.3 Å². The Bertz CT molecular complexity index is 702. The maximum absolute atomic E-state index is 13.5. The fourth-order valence-corrected chi connectivity index (χ4v) is 4.11. The molecule has 9 heteroatoms. The molecule has 1 saturated heterocycles. The molecule has 1 fully saturated rings. The van der Waals surface area contributed by atoms with Gasteiger partial charge in [-0.05, 0) is 37.6 Å². The molecular formula is C15H21FN2O5S. The first-order valence-corrected chi connectivity index (χ1v) is 8.93. The Hall–Kier alpha value is -1.55. The van der Waals surface area contributed by atoms with Crippen molar-refractivity contribution in [2.75, 3.05) is 33.9 Å². The van der Waals surface area contributed by atoms with Crippen molar-refractivity contribution in [1.82, 2.24) is 10.0 Å². The fraction of sp³-hybridized carbons (Fsp3) is 0.533. The largest absolute Gasteiger partial charge is 0.465 e. The van der Waals surface area contributed by atoms with Crippen molar-refractivity contribution in [3.8, 4) is 0 Å². The van der Waals surface area contributed by atoms with Gasteiger partial charge in [-0.1, -0.05) is 0 Å². The molecule has 0 spiro atoms. The summed E-state index contributed by atoms with van der Waals surface area (Å²) in [7, 11) is -1.43. The van der Waals surface area contributed by atoms with Gasteiger partial charge in [-0.25, -0.2) is 22.3 Å². The minimum Gasteiger partial charge on any atom is -0.465 e. The predicted octanol–water partition coefficient (Wildman–Crippen LogP) is 0.659. The van der Waals surface area contributed by atoms with E-state index in [9.17, 15) is 17.6 Å². The third-order valence-corrected chi connectivity index (χ3v) is 5.43. The van der Waals surface area contributed by atoms with Crippen molar-refractivity contribution < 1.29 is 27.1 Å². The highest BCUT2D eigenvalue weighted by Gasteiger charge is 2.35. The van der Waals surface area contributed by atoms with Crippen LogP contribution in [0.25, 0.3) is 0 Å². The molecule has 2 rings (SSSR count). The number of nitrogens with one attached hydrogen (secondary N) is 2. The van der Waals surface area contributed by atoms with E-state index in [-0.39, 0.29) is 12.1 Å². The van der Waals surface area contributed by atoms with Gasteiger partial charge in [0.15, 0.2) is 0 Å². The number of hydrogen-bond donors (Lipinski definition) is 2. The van der Waals surface area contributed by atoms with E-state index in [4.69, 9.17) is 4.74 Å². The average molecular weight is 360 g/mol. The van der Waals surface area contributed by atoms with Crippen molar-refractivity contribution in [3.63, 3.8) is 0 Å². The summed E-state index contributed by atoms with van der Waals surface area (Å²) in [5, 5.41) is 3.24. The quantitative estimate of drug-likeness (QED) is 0.694. The second-order valence-corrected chi connectivity index (χ2v) is 7.44. The van der Waals surface area contributed by atoms with E-state index >= 15 is 0 Å². The minimum atomic E-state index is -4.10. The number of carbonyl (C=O) groups is 1. The third kappa shape index (κ3) is 4.10. The molecule has 1 aromatic carbocycles. The highest BCUT2D eigenvalue weighted by molar-refractivity contribution is 7.89. The molecule has 1 aliphatic rings. The first-order chi connectivity index (χ1) is 11.3. The topological polar surface area (TPSA) is 93.7 Å². The van der Waals surface area contributed by atoms with Crippen LogP contribution in [0.5, 0.6) is 0 Å². The first kappa shape index (κ1) is 18.8. The molecule has 0 radical (unpaired) electrons. The first-order valence-electron chi connectivity index (χ1n) is 7.45. The van der Waals surface area contributed by atoms with Crippen LogP contribution in [0.15, 0.2) is 23.1 Å². The van der Waals surface area contributed by atoms with Crippen LogP contribution in [0.1, 0.15) is 23.2 Å². The number of carbonyl (C=O) groups excluding carboxylic acids is 1. The third-order valence-electron chi connectivity index (χ3n) is 3.99. The van der Waals surface area contributed by atoms with E-state index in [1.165, 1.54) is 7.11 Å². The molecule has 1 heterocycles. The van der Waals surface area contributed by atoms with Gasteiger partial charge in [-0.2, -0.15) is 0 Å². The van der Waals surface area contributed by atoms with Crippen molar-refractivity contribution in [2.24, 2.45) is 0 Å². The van der Waals surface area contributed by atoms with E-state index in [0.29, 0.717) is 6.61 Å². The lowest BCUT2D eigenvalue weighted by Crippen LogP contribution is -2.53. The SMILES string of the molecule is COCC1(CNS(=O)(=O)c2cc(F)ccc2C(=O)OC)CCCN1. The molecule has 0 saturated carbocycles. The Morgan fingerprint density at radius 1 is 1.42 bits per heavy atom. The molecule has 0 bridgehead atoms. The van der Waals surface area contributed by atoms with Gasteiger partial charge in [0.1, 0.15) is 5.82 Å². The van der Waals surface area contributed by atoms with Gasteiger partial charge in [0.2, 0.25) is 10.0 Å². The Morgan fingerprint density at radius 2 is 2.17 bits per heavy atom. The number of esters is 1. The Morgan fingerprint density at radius 3 is 2.75 bits per heavy atom. The van der Waals surface area contributed by atoms with Crippen molar-refractivity contribution in [1.29, 1.82) is 0 Å². The second kappa shape index (κ2) is 7.56. The van der Waals surface area contributed by atoms with Crippen LogP contribution in [0.3, 0.4) is 0 Å². The van der Waals surface area contributed by atoms with Crippen LogP contribution in [-0.4, -0.2) is 53.8 Å². The average Bonchev–Trinajstić information content (AvgIpc) is 3.02. The molecule has 1 aliphatic heterocycles. The molecular weight excluding hydrogens is 339 g/mol. The van der Waals surface area contributed by atoms with Crippen LogP contribution in [0.2, 0.25) is 0 Å². The number of ether oxygens (including phenoxy) is 2. The summed E-state index contributed by atoms with van der Waals surface area (Å²) in [6.07, 6.45) is 1.65. The van der Waals surface area contributed by atoms with E-state index in [0.717, 1.165) is 44.7 Å². The predicted molar refractivity (Wildman–Crippen MR) is 84.8 cm³/mol. The number of rotatable bonds is 7. The van der Waals surface area contributed by atoms with Gasteiger partial charge in [0.25, 0.3) is 0 Å². The number of benzene rings is 1. The summed E-state index contributed by atoms with van der Waals surface area (Å²) in [4.78, 5) is 11.3. The lowest BCUT2D eigenvalue weighted by molar-refractivity contribution is 0.0596. The zero-order chi connectivity index (χ0) is 17.8. The summed E-state index contributed by atoms with van der Waals surface area (Å²) < 4.78 is 50.8. The van der Waals surface area contributed by atoms with Crippen LogP contribution in [-0.2, 0) is 19.5 Å². The van der Waals surface area contributed by atoms with Crippen LogP contribution in [0.4, 0.5) is 4.39 Å². The molecule has 1 aromatic rings. The van der Waals surface area contributed by atoms with Gasteiger partial charge in [-0.15, -0.1) is 0 Å². The maximum Gasteiger partial charge on any atom is 0.339 e. The van der Waals surface area contributed by atoms with Crippen molar-refractivity contribution >= 4 is 16.0 Å². The molecule has 134 valence electrons. The zero-order valence-electron chi connectivity index (χ0n) is 13.6. The van der Waals surface area contributed by atoms with Gasteiger partial charge >= 0.3 is 5.97 Å². The van der Waals surface area contributed by atoms with Crippen LogP contribution in [0, 0.1) is 5.82 Å². The summed E-state index contributed by atoms with van der Waals surface area (Å²) in [5.41, 5.74) is -0.729. The molecule has 2 N–H and O–H groups in total. The highest BCUT2D eigenvalue weighted by Crippen LogP contribution is 2.22. The zero-order valence-corrected chi connectivity index (χ0v) is 14.4. The van der Waals surface area contributed by atoms with Crippen LogP contribution < -0.4 is 10.0 Å². The normalized spacial score (nSPS) is 21.0. The van der Waals surface area contributed by atoms with Gasteiger partial charge < -0.3 is 14.8 Å². The maximum atomic E-state index is 13.5. The molecule has 1 unspecified atom stereocenters. The molecule has 0 aliphatic carbocycles. The minimum absolute atomic E-state index is 0.0697. The number of halogens is 1. The van der Waals surface area contributed by atoms with Gasteiger partial charge in [0.05, 0.1) is 29.7 Å². The molecule has 7 nitrogen and oxygen atoms in total. The lowest BCUT2D eigenvalue weighted by atomic mass is 9.99. The number of hydrogen-bond acceptors (Lipinski definition) is 6. The van der Waals surface area contributed by atoms with E-state index in [1.807, 2.05) is 0 Å². The monoisotopic (exact) mass is 360 g/mol. The number of sulfonamides is 1. The van der Waals surface area contributed by atoms with E-state index in [1.54, 1.807) is 0 Å². The van der Waals surface area contributed by atoms with Crippen molar-refractivity contribution in [3.05, 3.63) is 29.6 Å². The summed E-state index contributed by atoms with van der Waals surface area (Å²) in [6.45, 7) is 1.17. The smallest absolute Gasteiger partial charge is 0.339 e. The van der Waals surface area contributed by atoms with Gasteiger partial charge in [0, 0.05) is 13.7 Å². The van der Waals surface area contributed by atoms with Gasteiger partial charge in [-0.3, -0.25) is 0 Å². The second-order valence-electron chi connectivity index (χ2n) is 5.70. The Kier molecular flexibility index (Phi) is 5.92. The molecule has 0 aromatic heterocycles. The Labute approximate surface area is 140 Å². The lowest BCUT2D eigenvalue weighted by Gasteiger charge is -2.29. The van der Waals surface area contributed by atoms with E-state index < -0.39 is 32.2 Å². The molecule has 1 atom stereocenters. The summed E-state index contributed by atoms with van der Waals surface area (Å²) >= 11 is 0. The van der Waals surface area contributed by atoms with E-state index in [2.05, 4.69) is 14.8 Å². The standard InChI is InChI=1S/C15H21FN2O5S/c1-22-10-15(6-3-7-17-15)9-18-24(20,21)13-8-11(16)4-5-12(13)14(19)23-2/h4-5,8,17-18H,3,6-7,9-10H2,1-2H3. The molecule has 24 heavy (non-hydrogen) atoms. The fourth-order valence-electron chi connectivity index (χ4n) is 2.78. The molecule has 0 amide bonds. The summed E-state index contributed by atoms with van der Waals surface area (Å²) in [6, 6.07) is 2.91. The van der Waals surface area contributed by atoms with Crippen LogP contribution >= 0.6 is 0 Å². The number of methoxy groups -OCH3 is 2. The highest BCUT2D eigenvalue weighted by atomic mass is 32.2. The summed E-state index contributed by atoms with van der Waals surface area (Å²) in [5.74, 6) is -1.60. The Balaban J connectivity index is 2.27.